The monoisotopic (exact) mass is 273 g/mol. The van der Waals surface area contributed by atoms with Crippen molar-refractivity contribution in [2.24, 2.45) is 5.92 Å². The van der Waals surface area contributed by atoms with Crippen LogP contribution in [0.3, 0.4) is 0 Å². The van der Waals surface area contributed by atoms with Crippen molar-refractivity contribution in [2.75, 3.05) is 32.8 Å². The average molecular weight is 273 g/mol. The lowest BCUT2D eigenvalue weighted by molar-refractivity contribution is 0.0353. The summed E-state index contributed by atoms with van der Waals surface area (Å²) in [5.41, 5.74) is 0. The smallest absolute Gasteiger partial charge is 0.307 e. The third kappa shape index (κ3) is 6.89. The summed E-state index contributed by atoms with van der Waals surface area (Å²) in [6.45, 7) is 6.41. The van der Waals surface area contributed by atoms with E-state index in [4.69, 9.17) is 11.2 Å². The maximum absolute atomic E-state index is 12.7. The first-order valence-corrected chi connectivity index (χ1v) is 7.23. The molecule has 0 radical (unpaired) electrons. The Morgan fingerprint density at radius 1 is 1.32 bits per heavy atom. The number of alkyl halides is 2. The molecule has 0 atom stereocenters. The first-order chi connectivity index (χ1) is 9.07. The Labute approximate surface area is 115 Å². The lowest BCUT2D eigenvalue weighted by Gasteiger charge is -2.31. The first-order valence-electron chi connectivity index (χ1n) is 7.23. The number of hydrogen-bond donors (Lipinski definition) is 0. The van der Waals surface area contributed by atoms with Crippen LogP contribution in [0.25, 0.3) is 0 Å². The zero-order chi connectivity index (χ0) is 14.1. The molecule has 1 rings (SSSR count). The van der Waals surface area contributed by atoms with Gasteiger partial charge in [-0.05, 0) is 44.2 Å². The summed E-state index contributed by atoms with van der Waals surface area (Å²) >= 11 is 0. The predicted octanol–water partition coefficient (Wildman–Crippen LogP) is 3.17. The van der Waals surface area contributed by atoms with Crippen LogP contribution >= 0.6 is 0 Å². The van der Waals surface area contributed by atoms with Crippen molar-refractivity contribution in [3.8, 4) is 12.3 Å². The van der Waals surface area contributed by atoms with E-state index >= 15 is 0 Å². The maximum Gasteiger partial charge on any atom is 0.307 e. The van der Waals surface area contributed by atoms with Gasteiger partial charge in [-0.3, -0.25) is 0 Å². The fourth-order valence-corrected chi connectivity index (χ4v) is 2.38. The van der Waals surface area contributed by atoms with Crippen molar-refractivity contribution in [2.45, 2.75) is 45.0 Å². The summed E-state index contributed by atoms with van der Waals surface area (Å²) in [4.78, 5) is 2.39. The van der Waals surface area contributed by atoms with E-state index in [1.54, 1.807) is 0 Å². The zero-order valence-electron chi connectivity index (χ0n) is 11.8. The Morgan fingerprint density at radius 2 is 2.00 bits per heavy atom. The number of piperidine rings is 1. The molecule has 0 unspecified atom stereocenters. The standard InChI is InChI=1S/C15H25F2NO/c1-3-14-6-9-18(10-7-14)11-13-19-12-5-8-15(16,17)4-2/h2,14H,3,5-13H2,1H3. The molecule has 0 spiro atoms. The van der Waals surface area contributed by atoms with Crippen molar-refractivity contribution >= 4 is 0 Å². The van der Waals surface area contributed by atoms with Crippen molar-refractivity contribution in [3.05, 3.63) is 0 Å². The number of hydrogen-bond acceptors (Lipinski definition) is 2. The zero-order valence-corrected chi connectivity index (χ0v) is 11.8. The summed E-state index contributed by atoms with van der Waals surface area (Å²) in [5, 5.41) is 0. The van der Waals surface area contributed by atoms with Gasteiger partial charge in [-0.2, -0.15) is 8.78 Å². The number of halogens is 2. The number of rotatable bonds is 8. The molecule has 1 aliphatic heterocycles. The SMILES string of the molecule is C#CC(F)(F)CCCOCCN1CCC(CC)CC1. The molecule has 1 fully saturated rings. The molecule has 0 aromatic heterocycles. The minimum atomic E-state index is -2.98. The topological polar surface area (TPSA) is 12.5 Å². The van der Waals surface area contributed by atoms with Gasteiger partial charge in [0.25, 0.3) is 0 Å². The molecule has 0 N–H and O–H groups in total. The Bertz CT molecular complexity index is 280. The minimum absolute atomic E-state index is 0.286. The van der Waals surface area contributed by atoms with Crippen molar-refractivity contribution in [1.29, 1.82) is 0 Å². The van der Waals surface area contributed by atoms with Gasteiger partial charge in [0.1, 0.15) is 0 Å². The van der Waals surface area contributed by atoms with Crippen LogP contribution in [0.4, 0.5) is 8.78 Å². The normalized spacial score (nSPS) is 18.4. The van der Waals surface area contributed by atoms with Crippen LogP contribution < -0.4 is 0 Å². The Balaban J connectivity index is 1.96. The molecular weight excluding hydrogens is 248 g/mol. The number of likely N-dealkylation sites (tertiary alicyclic amines) is 1. The Kier molecular flexibility index (Phi) is 7.33. The van der Waals surface area contributed by atoms with Crippen molar-refractivity contribution < 1.29 is 13.5 Å². The predicted molar refractivity (Wildman–Crippen MR) is 73.3 cm³/mol. The molecule has 4 heteroatoms. The van der Waals surface area contributed by atoms with Gasteiger partial charge < -0.3 is 9.64 Å². The van der Waals surface area contributed by atoms with Gasteiger partial charge in [-0.25, -0.2) is 0 Å². The van der Waals surface area contributed by atoms with Gasteiger partial charge in [0.15, 0.2) is 0 Å². The third-order valence-electron chi connectivity index (χ3n) is 3.83. The third-order valence-corrected chi connectivity index (χ3v) is 3.83. The molecule has 1 aliphatic rings. The highest BCUT2D eigenvalue weighted by atomic mass is 19.3. The maximum atomic E-state index is 12.7. The van der Waals surface area contributed by atoms with Gasteiger partial charge in [-0.15, -0.1) is 6.42 Å². The molecule has 19 heavy (non-hydrogen) atoms. The molecule has 1 heterocycles. The van der Waals surface area contributed by atoms with E-state index in [0.29, 0.717) is 19.6 Å². The van der Waals surface area contributed by atoms with Crippen molar-refractivity contribution in [1.82, 2.24) is 4.90 Å². The van der Waals surface area contributed by atoms with Crippen molar-refractivity contribution in [3.63, 3.8) is 0 Å². The van der Waals surface area contributed by atoms with Gasteiger partial charge in [0.2, 0.25) is 0 Å². The number of terminal acetylenes is 1. The molecule has 0 amide bonds. The molecule has 2 nitrogen and oxygen atoms in total. The lowest BCUT2D eigenvalue weighted by Crippen LogP contribution is -2.35. The minimum Gasteiger partial charge on any atom is -0.380 e. The second-order valence-corrected chi connectivity index (χ2v) is 5.26. The van der Waals surface area contributed by atoms with Crippen LogP contribution in [0.1, 0.15) is 39.0 Å². The Morgan fingerprint density at radius 3 is 2.58 bits per heavy atom. The van der Waals surface area contributed by atoms with E-state index in [9.17, 15) is 8.78 Å². The van der Waals surface area contributed by atoms with Crippen LogP contribution in [0.5, 0.6) is 0 Å². The lowest BCUT2D eigenvalue weighted by atomic mass is 9.94. The van der Waals surface area contributed by atoms with E-state index in [1.807, 2.05) is 0 Å². The highest BCUT2D eigenvalue weighted by molar-refractivity contribution is 5.00. The average Bonchev–Trinajstić information content (AvgIpc) is 2.43. The molecule has 0 aromatic rings. The summed E-state index contributed by atoms with van der Waals surface area (Å²) in [5.74, 6) is -0.606. The van der Waals surface area contributed by atoms with E-state index in [1.165, 1.54) is 25.2 Å². The molecule has 110 valence electrons. The van der Waals surface area contributed by atoms with Gasteiger partial charge in [-0.1, -0.05) is 13.3 Å². The van der Waals surface area contributed by atoms with E-state index in [2.05, 4.69) is 11.8 Å². The Hall–Kier alpha value is -0.660. The van der Waals surface area contributed by atoms with E-state index in [0.717, 1.165) is 25.6 Å². The summed E-state index contributed by atoms with van der Waals surface area (Å²) < 4.78 is 30.8. The highest BCUT2D eigenvalue weighted by Gasteiger charge is 2.24. The summed E-state index contributed by atoms with van der Waals surface area (Å²) in [7, 11) is 0. The van der Waals surface area contributed by atoms with Crippen LogP contribution in [-0.4, -0.2) is 43.7 Å². The summed E-state index contributed by atoms with van der Waals surface area (Å²) in [6, 6.07) is 0. The fraction of sp³-hybridized carbons (Fsp3) is 0.867. The van der Waals surface area contributed by atoms with E-state index < -0.39 is 5.92 Å². The molecule has 0 aliphatic carbocycles. The first kappa shape index (κ1) is 16.4. The largest absolute Gasteiger partial charge is 0.380 e. The summed E-state index contributed by atoms with van der Waals surface area (Å²) in [6.07, 6.45) is 8.56. The number of nitrogens with zero attached hydrogens (tertiary/aromatic N) is 1. The van der Waals surface area contributed by atoms with Gasteiger partial charge in [0.05, 0.1) is 6.61 Å². The van der Waals surface area contributed by atoms with Gasteiger partial charge >= 0.3 is 5.92 Å². The quantitative estimate of drug-likeness (QED) is 0.497. The van der Waals surface area contributed by atoms with Crippen LogP contribution in [-0.2, 0) is 4.74 Å². The molecule has 0 bridgehead atoms. The molecule has 1 saturated heterocycles. The second-order valence-electron chi connectivity index (χ2n) is 5.26. The molecular formula is C15H25F2NO. The molecule has 0 aromatic carbocycles. The second kappa shape index (κ2) is 8.50. The van der Waals surface area contributed by atoms with Crippen LogP contribution in [0.15, 0.2) is 0 Å². The van der Waals surface area contributed by atoms with E-state index in [-0.39, 0.29) is 6.42 Å². The fourth-order valence-electron chi connectivity index (χ4n) is 2.38. The van der Waals surface area contributed by atoms with Gasteiger partial charge in [0, 0.05) is 19.6 Å². The van der Waals surface area contributed by atoms with Crippen LogP contribution in [0, 0.1) is 18.3 Å². The van der Waals surface area contributed by atoms with Crippen LogP contribution in [0.2, 0.25) is 0 Å². The number of ether oxygens (including phenoxy) is 1. The highest BCUT2D eigenvalue weighted by Crippen LogP contribution is 2.20. The molecule has 0 saturated carbocycles.